The highest BCUT2D eigenvalue weighted by molar-refractivity contribution is 7.11. The molecule has 0 bridgehead atoms. The summed E-state index contributed by atoms with van der Waals surface area (Å²) in [6, 6.07) is 0. The van der Waals surface area contributed by atoms with Gasteiger partial charge in [0.15, 0.2) is 11.6 Å². The molecular weight excluding hydrogens is 518 g/mol. The second kappa shape index (κ2) is 25.2. The van der Waals surface area contributed by atoms with E-state index in [2.05, 4.69) is 44.4 Å². The van der Waals surface area contributed by atoms with E-state index in [1.54, 1.807) is 12.2 Å². The molecule has 0 fully saturated rings. The average Bonchev–Trinajstić information content (AvgIpc) is 3.38. The van der Waals surface area contributed by atoms with Gasteiger partial charge in [-0.05, 0) is 52.2 Å². The van der Waals surface area contributed by atoms with E-state index in [1.807, 2.05) is 56.0 Å². The SMILES string of the molecule is C=C/C=C\c1c(C)[nH]n1Cc1csc(/C(=C/C(=C\CC)C(C)=O)C(C)=O)n1.CC.CCC.CCCCOCCC. The summed E-state index contributed by atoms with van der Waals surface area (Å²) in [4.78, 5) is 28.5. The Balaban J connectivity index is 0. The number of nitrogens with zero attached hydrogens (tertiary/aromatic N) is 2. The maximum atomic E-state index is 12.1. The lowest BCUT2D eigenvalue weighted by molar-refractivity contribution is -0.113. The number of ketones is 2. The summed E-state index contributed by atoms with van der Waals surface area (Å²) >= 11 is 1.41. The number of ether oxygens (including phenoxy) is 1. The predicted molar refractivity (Wildman–Crippen MR) is 175 cm³/mol. The van der Waals surface area contributed by atoms with Crippen molar-refractivity contribution in [3.63, 3.8) is 0 Å². The van der Waals surface area contributed by atoms with Crippen molar-refractivity contribution >= 4 is 34.6 Å². The Kier molecular flexibility index (Phi) is 24.8. The number of allylic oxidation sites excluding steroid dienone is 6. The topological polar surface area (TPSA) is 77.0 Å². The molecule has 0 radical (unpaired) electrons. The van der Waals surface area contributed by atoms with Crippen LogP contribution in [0.25, 0.3) is 11.6 Å². The number of unbranched alkanes of at least 4 members (excludes halogenated alkanes) is 1. The van der Waals surface area contributed by atoms with Gasteiger partial charge in [0, 0.05) is 24.2 Å². The summed E-state index contributed by atoms with van der Waals surface area (Å²) in [6.07, 6.45) is 14.7. The Bertz CT molecular complexity index is 1050. The zero-order valence-electron chi connectivity index (χ0n) is 26.9. The van der Waals surface area contributed by atoms with Gasteiger partial charge < -0.3 is 9.84 Å². The van der Waals surface area contributed by atoms with E-state index in [0.717, 1.165) is 43.1 Å². The Morgan fingerprint density at radius 2 is 1.73 bits per heavy atom. The summed E-state index contributed by atoms with van der Waals surface area (Å²) in [7, 11) is 0. The molecule has 6 nitrogen and oxygen atoms in total. The first-order valence-electron chi connectivity index (χ1n) is 14.7. The van der Waals surface area contributed by atoms with E-state index in [-0.39, 0.29) is 11.6 Å². The van der Waals surface area contributed by atoms with Crippen LogP contribution in [-0.4, -0.2) is 39.5 Å². The molecule has 40 heavy (non-hydrogen) atoms. The van der Waals surface area contributed by atoms with Crippen molar-refractivity contribution in [2.75, 3.05) is 13.2 Å². The van der Waals surface area contributed by atoms with Crippen LogP contribution in [0.15, 0.2) is 41.8 Å². The third-order valence-electron chi connectivity index (χ3n) is 4.97. The number of carbonyl (C=O) groups is 2. The van der Waals surface area contributed by atoms with Crippen molar-refractivity contribution in [1.29, 1.82) is 0 Å². The molecule has 0 atom stereocenters. The number of aromatic amines is 1. The van der Waals surface area contributed by atoms with Crippen molar-refractivity contribution in [1.82, 2.24) is 14.8 Å². The van der Waals surface area contributed by atoms with E-state index >= 15 is 0 Å². The fraction of sp³-hybridized carbons (Fsp3) is 0.545. The number of thiazole rings is 1. The number of aryl methyl sites for hydroxylation is 1. The Morgan fingerprint density at radius 1 is 1.07 bits per heavy atom. The number of aromatic nitrogens is 3. The third kappa shape index (κ3) is 16.4. The van der Waals surface area contributed by atoms with Gasteiger partial charge in [0.2, 0.25) is 0 Å². The molecule has 0 spiro atoms. The van der Waals surface area contributed by atoms with Crippen LogP contribution >= 0.6 is 11.3 Å². The molecule has 0 aliphatic carbocycles. The third-order valence-corrected chi connectivity index (χ3v) is 5.89. The van der Waals surface area contributed by atoms with Gasteiger partial charge in [-0.2, -0.15) is 0 Å². The molecule has 0 aliphatic heterocycles. The van der Waals surface area contributed by atoms with Crippen LogP contribution in [0.3, 0.4) is 0 Å². The Labute approximate surface area is 248 Å². The number of H-pyrrole nitrogens is 1. The molecule has 0 saturated heterocycles. The summed E-state index contributed by atoms with van der Waals surface area (Å²) in [5, 5.41) is 5.80. The second-order valence-electron chi connectivity index (χ2n) is 8.86. The lowest BCUT2D eigenvalue weighted by Gasteiger charge is -2.18. The molecule has 0 aliphatic rings. The highest BCUT2D eigenvalue weighted by atomic mass is 32.1. The normalized spacial score (nSPS) is 11.2. The minimum Gasteiger partial charge on any atom is -0.381 e. The standard InChI is InChI=1S/C21H25N3O2S.C7H16O.C3H8.C2H6/c1-6-8-10-20-14(3)23-24(20)12-18-13-27-21(22-18)19(16(5)26)11-17(9-7-2)15(4)25;1-3-5-7-8-6-4-2;1-3-2;1-2/h6,8-11,13,23H,1,7,12H2,2-5H3;3-7H2,1-2H3;3H2,1-2H3;1-2H3/b10-8-,17-9+,19-11+;;;. The van der Waals surface area contributed by atoms with Crippen LogP contribution in [0.1, 0.15) is 117 Å². The van der Waals surface area contributed by atoms with Gasteiger partial charge in [-0.25, -0.2) is 4.98 Å². The average molecular weight is 574 g/mol. The molecule has 7 heteroatoms. The molecule has 2 aromatic rings. The number of hydrogen-bond acceptors (Lipinski definition) is 5. The number of carbonyl (C=O) groups excluding carboxylic acids is 2. The van der Waals surface area contributed by atoms with Crippen LogP contribution < -0.4 is 0 Å². The quantitative estimate of drug-likeness (QED) is 0.139. The summed E-state index contributed by atoms with van der Waals surface area (Å²) in [6.45, 7) is 25.7. The first-order chi connectivity index (χ1) is 19.2. The van der Waals surface area contributed by atoms with Crippen molar-refractivity contribution < 1.29 is 14.3 Å². The van der Waals surface area contributed by atoms with E-state index < -0.39 is 0 Å². The maximum Gasteiger partial charge on any atom is 0.162 e. The minimum absolute atomic E-state index is 0.0589. The Morgan fingerprint density at radius 3 is 2.20 bits per heavy atom. The number of hydrogen-bond donors (Lipinski definition) is 1. The van der Waals surface area contributed by atoms with Gasteiger partial charge in [-0.15, -0.1) is 11.3 Å². The highest BCUT2D eigenvalue weighted by Crippen LogP contribution is 2.24. The van der Waals surface area contributed by atoms with E-state index in [0.29, 0.717) is 22.7 Å². The summed E-state index contributed by atoms with van der Waals surface area (Å²) in [5.41, 5.74) is 4.03. The monoisotopic (exact) mass is 573 g/mol. The molecule has 2 rings (SSSR count). The molecule has 0 unspecified atom stereocenters. The van der Waals surface area contributed by atoms with Crippen LogP contribution in [0.4, 0.5) is 0 Å². The van der Waals surface area contributed by atoms with Crippen molar-refractivity contribution in [2.45, 2.75) is 108 Å². The lowest BCUT2D eigenvalue weighted by Crippen LogP contribution is -2.17. The molecule has 1 N–H and O–H groups in total. The fourth-order valence-electron chi connectivity index (χ4n) is 3.12. The van der Waals surface area contributed by atoms with Crippen molar-refractivity contribution in [3.8, 4) is 0 Å². The van der Waals surface area contributed by atoms with Crippen LogP contribution in [0, 0.1) is 6.92 Å². The van der Waals surface area contributed by atoms with Gasteiger partial charge >= 0.3 is 0 Å². The van der Waals surface area contributed by atoms with E-state index in [4.69, 9.17) is 4.74 Å². The predicted octanol–water partition coefficient (Wildman–Crippen LogP) is 9.38. The zero-order valence-corrected chi connectivity index (χ0v) is 27.7. The first-order valence-corrected chi connectivity index (χ1v) is 15.6. The lowest BCUT2D eigenvalue weighted by atomic mass is 10.1. The first kappa shape index (κ1) is 39.4. The minimum atomic E-state index is -0.105. The van der Waals surface area contributed by atoms with Gasteiger partial charge in [-0.3, -0.25) is 14.3 Å². The molecule has 0 aromatic carbocycles. The molecule has 226 valence electrons. The Hall–Kier alpha value is -2.77. The molecule has 2 heterocycles. The van der Waals surface area contributed by atoms with Crippen LogP contribution in [-0.2, 0) is 20.9 Å². The molecule has 0 saturated carbocycles. The van der Waals surface area contributed by atoms with Gasteiger partial charge in [0.1, 0.15) is 5.01 Å². The summed E-state index contributed by atoms with van der Waals surface area (Å²) < 4.78 is 7.21. The van der Waals surface area contributed by atoms with Gasteiger partial charge in [0.25, 0.3) is 0 Å². The number of Topliss-reactive ketones (excluding diaryl/α,β-unsaturated/α-hetero) is 2. The fourth-order valence-corrected chi connectivity index (χ4v) is 3.99. The molecule has 0 amide bonds. The maximum absolute atomic E-state index is 12.1. The number of nitrogens with one attached hydrogen (secondary N) is 1. The summed E-state index contributed by atoms with van der Waals surface area (Å²) in [5.74, 6) is -0.164. The molecule has 2 aromatic heterocycles. The number of rotatable bonds is 14. The van der Waals surface area contributed by atoms with Crippen LogP contribution in [0.5, 0.6) is 0 Å². The van der Waals surface area contributed by atoms with E-state index in [9.17, 15) is 9.59 Å². The van der Waals surface area contributed by atoms with E-state index in [1.165, 1.54) is 44.4 Å². The van der Waals surface area contributed by atoms with Crippen molar-refractivity contribution in [2.24, 2.45) is 0 Å². The molecular formula is C33H55N3O3S. The second-order valence-corrected chi connectivity index (χ2v) is 9.72. The van der Waals surface area contributed by atoms with Gasteiger partial charge in [0.05, 0.1) is 29.2 Å². The highest BCUT2D eigenvalue weighted by Gasteiger charge is 2.16. The zero-order chi connectivity index (χ0) is 30.9. The largest absolute Gasteiger partial charge is 0.381 e. The smallest absolute Gasteiger partial charge is 0.162 e. The van der Waals surface area contributed by atoms with Crippen LogP contribution in [0.2, 0.25) is 0 Å². The van der Waals surface area contributed by atoms with Crippen molar-refractivity contribution in [3.05, 3.63) is 63.9 Å². The van der Waals surface area contributed by atoms with Gasteiger partial charge in [-0.1, -0.05) is 86.1 Å².